The predicted molar refractivity (Wildman–Crippen MR) is 83.3 cm³/mol. The molecule has 0 spiro atoms. The first-order valence-electron chi connectivity index (χ1n) is 8.72. The molecule has 3 aliphatic rings. The Morgan fingerprint density at radius 1 is 1.14 bits per heavy atom. The normalized spacial score (nSPS) is 31.5. The smallest absolute Gasteiger partial charge is 0.222 e. The van der Waals surface area contributed by atoms with E-state index in [0.29, 0.717) is 24.4 Å². The van der Waals surface area contributed by atoms with Crippen LogP contribution in [0.1, 0.15) is 38.5 Å². The molecule has 0 bridgehead atoms. The molecule has 3 heterocycles. The minimum absolute atomic E-state index is 0.347. The number of hydrogen-bond donors (Lipinski definition) is 1. The molecule has 3 aliphatic heterocycles. The fourth-order valence-corrected chi connectivity index (χ4v) is 3.83. The van der Waals surface area contributed by atoms with Gasteiger partial charge >= 0.3 is 0 Å². The van der Waals surface area contributed by atoms with Crippen LogP contribution in [-0.2, 0) is 4.79 Å². The van der Waals surface area contributed by atoms with Gasteiger partial charge in [0.05, 0.1) is 0 Å². The molecule has 0 aromatic carbocycles. The maximum absolute atomic E-state index is 12.3. The molecule has 0 aliphatic carbocycles. The topological polar surface area (TPSA) is 49.7 Å². The van der Waals surface area contributed by atoms with Crippen molar-refractivity contribution in [2.45, 2.75) is 50.6 Å². The second kappa shape index (κ2) is 7.56. The van der Waals surface area contributed by atoms with Crippen LogP contribution in [0.2, 0.25) is 0 Å². The highest BCUT2D eigenvalue weighted by atomic mass is 16.2. The molecule has 119 valence electrons. The lowest BCUT2D eigenvalue weighted by atomic mass is 10.0. The molecule has 2 atom stereocenters. The van der Waals surface area contributed by atoms with Gasteiger partial charge < -0.3 is 10.2 Å². The average Bonchev–Trinajstić information content (AvgIpc) is 3.08. The Morgan fingerprint density at radius 3 is 2.67 bits per heavy atom. The third-order valence-electron chi connectivity index (χ3n) is 5.24. The average molecular weight is 293 g/mol. The summed E-state index contributed by atoms with van der Waals surface area (Å²) in [6.45, 7) is 7.20. The molecule has 5 nitrogen and oxygen atoms in total. The van der Waals surface area contributed by atoms with E-state index in [4.69, 9.17) is 0 Å². The number of nitrogens with one attached hydrogen (secondary N) is 1. The lowest BCUT2D eigenvalue weighted by Crippen LogP contribution is -2.52. The first kappa shape index (κ1) is 15.3. The number of nitrogens with zero attached hydrogens (tertiary/aromatic N) is 3. The first-order chi connectivity index (χ1) is 10.3. The minimum atomic E-state index is 0.347. The Kier molecular flexibility index (Phi) is 5.49. The Balaban J connectivity index is 1.36. The van der Waals surface area contributed by atoms with E-state index in [9.17, 15) is 4.79 Å². The van der Waals surface area contributed by atoms with Crippen molar-refractivity contribution in [2.24, 2.45) is 0 Å². The lowest BCUT2D eigenvalue weighted by molar-refractivity contribution is -0.133. The number of piperidine rings is 1. The number of carbonyl (C=O) groups is 1. The number of hydrogen-bond acceptors (Lipinski definition) is 3. The zero-order valence-corrected chi connectivity index (χ0v) is 13.1. The van der Waals surface area contributed by atoms with Crippen molar-refractivity contribution in [2.75, 3.05) is 45.8 Å². The molecule has 1 radical (unpaired) electrons. The second-order valence-electron chi connectivity index (χ2n) is 6.66. The minimum Gasteiger partial charge on any atom is -0.340 e. The van der Waals surface area contributed by atoms with Gasteiger partial charge in [0.2, 0.25) is 5.91 Å². The Labute approximate surface area is 128 Å². The summed E-state index contributed by atoms with van der Waals surface area (Å²) in [6.07, 6.45) is 6.64. The summed E-state index contributed by atoms with van der Waals surface area (Å²) in [7, 11) is 0. The zero-order chi connectivity index (χ0) is 14.5. The van der Waals surface area contributed by atoms with Crippen molar-refractivity contribution in [1.29, 1.82) is 0 Å². The van der Waals surface area contributed by atoms with Crippen LogP contribution in [0.4, 0.5) is 0 Å². The predicted octanol–water partition coefficient (Wildman–Crippen LogP) is 0.430. The van der Waals surface area contributed by atoms with Crippen LogP contribution < -0.4 is 10.6 Å². The Hall–Kier alpha value is -0.650. The van der Waals surface area contributed by atoms with E-state index in [1.54, 1.807) is 0 Å². The SMILES string of the molecule is O=C(CCC1CCCC[N]1)N1CCN(C2CCNC2)CC1. The first-order valence-corrected chi connectivity index (χ1v) is 8.72. The fraction of sp³-hybridized carbons (Fsp3) is 0.938. The summed E-state index contributed by atoms with van der Waals surface area (Å²) in [5.74, 6) is 0.347. The number of rotatable bonds is 4. The van der Waals surface area contributed by atoms with Crippen molar-refractivity contribution < 1.29 is 4.79 Å². The van der Waals surface area contributed by atoms with E-state index < -0.39 is 0 Å². The third-order valence-corrected chi connectivity index (χ3v) is 5.24. The zero-order valence-electron chi connectivity index (χ0n) is 13.1. The van der Waals surface area contributed by atoms with E-state index >= 15 is 0 Å². The Bertz CT molecular complexity index is 329. The van der Waals surface area contributed by atoms with Crippen molar-refractivity contribution in [3.63, 3.8) is 0 Å². The van der Waals surface area contributed by atoms with Gasteiger partial charge in [0.15, 0.2) is 0 Å². The maximum atomic E-state index is 12.3. The van der Waals surface area contributed by atoms with Gasteiger partial charge in [-0.05, 0) is 32.2 Å². The summed E-state index contributed by atoms with van der Waals surface area (Å²) in [5.41, 5.74) is 0. The molecule has 21 heavy (non-hydrogen) atoms. The van der Waals surface area contributed by atoms with Crippen molar-refractivity contribution in [3.05, 3.63) is 0 Å². The lowest BCUT2D eigenvalue weighted by Gasteiger charge is -2.38. The van der Waals surface area contributed by atoms with Crippen molar-refractivity contribution >= 4 is 5.91 Å². The molecule has 1 amide bonds. The molecule has 0 aromatic rings. The highest BCUT2D eigenvalue weighted by Crippen LogP contribution is 2.16. The number of carbonyl (C=O) groups excluding carboxylic acids is 1. The van der Waals surface area contributed by atoms with Gasteiger partial charge in [-0.2, -0.15) is 0 Å². The number of amides is 1. The molecule has 0 aromatic heterocycles. The van der Waals surface area contributed by atoms with Gasteiger partial charge in [-0.1, -0.05) is 6.42 Å². The van der Waals surface area contributed by atoms with Gasteiger partial charge in [0.25, 0.3) is 0 Å². The van der Waals surface area contributed by atoms with Crippen molar-refractivity contribution in [3.8, 4) is 0 Å². The van der Waals surface area contributed by atoms with Crippen LogP contribution in [0.5, 0.6) is 0 Å². The summed E-state index contributed by atoms with van der Waals surface area (Å²) < 4.78 is 0. The number of piperazine rings is 1. The van der Waals surface area contributed by atoms with Gasteiger partial charge in [0, 0.05) is 57.8 Å². The quantitative estimate of drug-likeness (QED) is 0.818. The molecule has 3 fully saturated rings. The molecule has 3 saturated heterocycles. The Morgan fingerprint density at radius 2 is 2.00 bits per heavy atom. The monoisotopic (exact) mass is 293 g/mol. The highest BCUT2D eigenvalue weighted by Gasteiger charge is 2.27. The standard InChI is InChI=1S/C16H29N4O/c21-16(5-4-14-3-1-2-7-18-14)20-11-9-19(10-12-20)15-6-8-17-13-15/h14-15,17H,1-13H2. The van der Waals surface area contributed by atoms with Crippen LogP contribution in [0, 0.1) is 0 Å². The van der Waals surface area contributed by atoms with E-state index in [2.05, 4.69) is 20.4 Å². The van der Waals surface area contributed by atoms with Crippen LogP contribution in [0.25, 0.3) is 0 Å². The molecule has 1 N–H and O–H groups in total. The third kappa shape index (κ3) is 4.18. The summed E-state index contributed by atoms with van der Waals surface area (Å²) >= 11 is 0. The van der Waals surface area contributed by atoms with Crippen molar-refractivity contribution in [1.82, 2.24) is 20.4 Å². The molecule has 2 unspecified atom stereocenters. The largest absolute Gasteiger partial charge is 0.340 e. The van der Waals surface area contributed by atoms with Crippen LogP contribution in [-0.4, -0.2) is 73.6 Å². The summed E-state index contributed by atoms with van der Waals surface area (Å²) in [6, 6.07) is 1.15. The molecule has 0 saturated carbocycles. The van der Waals surface area contributed by atoms with Crippen LogP contribution in [0.15, 0.2) is 0 Å². The highest BCUT2D eigenvalue weighted by molar-refractivity contribution is 5.76. The van der Waals surface area contributed by atoms with Gasteiger partial charge in [-0.3, -0.25) is 9.69 Å². The maximum Gasteiger partial charge on any atom is 0.222 e. The van der Waals surface area contributed by atoms with Crippen LogP contribution >= 0.6 is 0 Å². The molecule has 5 heteroatoms. The van der Waals surface area contributed by atoms with E-state index in [-0.39, 0.29) is 0 Å². The van der Waals surface area contributed by atoms with Gasteiger partial charge in [-0.15, -0.1) is 0 Å². The van der Waals surface area contributed by atoms with E-state index in [1.165, 1.54) is 25.7 Å². The van der Waals surface area contributed by atoms with E-state index in [0.717, 1.165) is 52.2 Å². The molecule has 3 rings (SSSR count). The fourth-order valence-electron chi connectivity index (χ4n) is 3.83. The summed E-state index contributed by atoms with van der Waals surface area (Å²) in [4.78, 5) is 16.9. The van der Waals surface area contributed by atoms with Gasteiger partial charge in [0.1, 0.15) is 0 Å². The summed E-state index contributed by atoms with van der Waals surface area (Å²) in [5, 5.41) is 8.05. The van der Waals surface area contributed by atoms with Gasteiger partial charge in [-0.25, -0.2) is 5.32 Å². The second-order valence-corrected chi connectivity index (χ2v) is 6.66. The molecular weight excluding hydrogens is 264 g/mol. The van der Waals surface area contributed by atoms with E-state index in [1.807, 2.05) is 0 Å². The van der Waals surface area contributed by atoms with Crippen LogP contribution in [0.3, 0.4) is 0 Å². The molecular formula is C16H29N4O.